The molecule has 0 aromatic heterocycles. The lowest BCUT2D eigenvalue weighted by Gasteiger charge is -2.18. The van der Waals surface area contributed by atoms with E-state index in [1.54, 1.807) is 26.0 Å². The van der Waals surface area contributed by atoms with Crippen molar-refractivity contribution >= 4 is 0 Å². The maximum atomic E-state index is 13.6. The highest BCUT2D eigenvalue weighted by atomic mass is 19.1. The minimum Gasteiger partial charge on any atom is -0.306 e. The smallest absolute Gasteiger partial charge is 0.129 e. The average Bonchev–Trinajstić information content (AvgIpc) is 2.47. The van der Waals surface area contributed by atoms with Crippen LogP contribution in [0.15, 0.2) is 36.4 Å². The minimum absolute atomic E-state index is 0.135. The number of halogens is 2. The molecule has 0 heterocycles. The van der Waals surface area contributed by atoms with Crippen molar-refractivity contribution in [3.63, 3.8) is 0 Å². The van der Waals surface area contributed by atoms with Gasteiger partial charge in [-0.25, -0.2) is 8.78 Å². The Balaban J connectivity index is 2.08. The van der Waals surface area contributed by atoms with Crippen LogP contribution in [-0.2, 0) is 6.54 Å². The van der Waals surface area contributed by atoms with E-state index in [0.29, 0.717) is 17.7 Å². The summed E-state index contributed by atoms with van der Waals surface area (Å²) in [5, 5.41) is 3.45. The van der Waals surface area contributed by atoms with Gasteiger partial charge in [0.05, 0.1) is 0 Å². The monoisotopic (exact) mass is 289 g/mol. The number of rotatable bonds is 5. The number of benzene rings is 2. The molecule has 0 aliphatic heterocycles. The highest BCUT2D eigenvalue weighted by Gasteiger charge is 2.10. The molecule has 0 fully saturated rings. The van der Waals surface area contributed by atoms with Crippen LogP contribution >= 0.6 is 0 Å². The van der Waals surface area contributed by atoms with Crippen molar-refractivity contribution in [3.8, 4) is 0 Å². The molecule has 2 aromatic rings. The lowest BCUT2D eigenvalue weighted by Crippen LogP contribution is -2.20. The van der Waals surface area contributed by atoms with Gasteiger partial charge in [-0.2, -0.15) is 0 Å². The molecule has 0 bridgehead atoms. The van der Waals surface area contributed by atoms with Crippen LogP contribution in [0.4, 0.5) is 8.78 Å². The van der Waals surface area contributed by atoms with Crippen LogP contribution in [0, 0.1) is 25.5 Å². The molecule has 2 rings (SSSR count). The lowest BCUT2D eigenvalue weighted by atomic mass is 10.0. The van der Waals surface area contributed by atoms with E-state index in [1.807, 2.05) is 12.1 Å². The molecule has 3 heteroatoms. The molecule has 0 spiro atoms. The summed E-state index contributed by atoms with van der Waals surface area (Å²) in [4.78, 5) is 0. The third-order valence-corrected chi connectivity index (χ3v) is 3.73. The fraction of sp³-hybridized carbons (Fsp3) is 0.333. The van der Waals surface area contributed by atoms with Crippen LogP contribution < -0.4 is 5.32 Å². The first kappa shape index (κ1) is 15.6. The molecule has 112 valence electrons. The number of aryl methyl sites for hydroxylation is 2. The molecule has 0 saturated carbocycles. The zero-order valence-electron chi connectivity index (χ0n) is 12.7. The van der Waals surface area contributed by atoms with Crippen molar-refractivity contribution < 1.29 is 8.78 Å². The van der Waals surface area contributed by atoms with E-state index in [4.69, 9.17) is 0 Å². The molecular formula is C18H21F2N. The fourth-order valence-corrected chi connectivity index (χ4v) is 2.57. The maximum absolute atomic E-state index is 13.6. The van der Waals surface area contributed by atoms with E-state index in [1.165, 1.54) is 12.1 Å². The van der Waals surface area contributed by atoms with Gasteiger partial charge in [0, 0.05) is 12.6 Å². The van der Waals surface area contributed by atoms with Crippen LogP contribution in [-0.4, -0.2) is 0 Å². The molecule has 0 amide bonds. The predicted octanol–water partition coefficient (Wildman–Crippen LogP) is 4.82. The molecule has 2 aromatic carbocycles. The fourth-order valence-electron chi connectivity index (χ4n) is 2.57. The topological polar surface area (TPSA) is 12.0 Å². The minimum atomic E-state index is -0.224. The van der Waals surface area contributed by atoms with E-state index in [-0.39, 0.29) is 17.7 Å². The van der Waals surface area contributed by atoms with Crippen LogP contribution in [0.5, 0.6) is 0 Å². The van der Waals surface area contributed by atoms with E-state index in [0.717, 1.165) is 17.5 Å². The Morgan fingerprint density at radius 3 is 2.10 bits per heavy atom. The SMILES string of the molecule is CCC(NCc1cc(C)c(F)c(C)c1)c1ccc(F)cc1. The third kappa shape index (κ3) is 3.88. The summed E-state index contributed by atoms with van der Waals surface area (Å²) in [7, 11) is 0. The van der Waals surface area contributed by atoms with Gasteiger partial charge >= 0.3 is 0 Å². The largest absolute Gasteiger partial charge is 0.306 e. The predicted molar refractivity (Wildman–Crippen MR) is 82.1 cm³/mol. The Bertz CT molecular complexity index is 582. The summed E-state index contributed by atoms with van der Waals surface area (Å²) in [6.45, 7) is 6.31. The van der Waals surface area contributed by atoms with Crippen LogP contribution in [0.25, 0.3) is 0 Å². The van der Waals surface area contributed by atoms with E-state index in [2.05, 4.69) is 12.2 Å². The van der Waals surface area contributed by atoms with E-state index < -0.39 is 0 Å². The molecule has 21 heavy (non-hydrogen) atoms. The van der Waals surface area contributed by atoms with Gasteiger partial charge in [0.15, 0.2) is 0 Å². The molecule has 0 radical (unpaired) electrons. The zero-order valence-corrected chi connectivity index (χ0v) is 12.7. The molecule has 1 unspecified atom stereocenters. The van der Waals surface area contributed by atoms with Crippen molar-refractivity contribution in [2.75, 3.05) is 0 Å². The van der Waals surface area contributed by atoms with Crippen LogP contribution in [0.3, 0.4) is 0 Å². The zero-order chi connectivity index (χ0) is 15.4. The van der Waals surface area contributed by atoms with Crippen molar-refractivity contribution in [1.29, 1.82) is 0 Å². The molecule has 1 N–H and O–H groups in total. The Morgan fingerprint density at radius 2 is 1.57 bits per heavy atom. The van der Waals surface area contributed by atoms with Crippen molar-refractivity contribution in [2.45, 2.75) is 39.8 Å². The van der Waals surface area contributed by atoms with Gasteiger partial charge in [-0.15, -0.1) is 0 Å². The van der Waals surface area contributed by atoms with Crippen molar-refractivity contribution in [1.82, 2.24) is 5.32 Å². The Morgan fingerprint density at radius 1 is 1.00 bits per heavy atom. The first-order valence-corrected chi connectivity index (χ1v) is 7.25. The summed E-state index contributed by atoms with van der Waals surface area (Å²) < 4.78 is 26.6. The van der Waals surface area contributed by atoms with E-state index in [9.17, 15) is 8.78 Å². The number of hydrogen-bond donors (Lipinski definition) is 1. The average molecular weight is 289 g/mol. The van der Waals surface area contributed by atoms with Gasteiger partial charge in [-0.3, -0.25) is 0 Å². The van der Waals surface area contributed by atoms with Gasteiger partial charge in [0.1, 0.15) is 11.6 Å². The van der Waals surface area contributed by atoms with Crippen molar-refractivity contribution in [2.24, 2.45) is 0 Å². The molecule has 0 aliphatic rings. The standard InChI is InChI=1S/C18H21F2N/c1-4-17(15-5-7-16(19)8-6-15)21-11-14-9-12(2)18(20)13(3)10-14/h5-10,17,21H,4,11H2,1-3H3. The molecular weight excluding hydrogens is 268 g/mol. The first-order chi connectivity index (χ1) is 10.0. The second-order valence-electron chi connectivity index (χ2n) is 5.44. The second kappa shape index (κ2) is 6.81. The summed E-state index contributed by atoms with van der Waals surface area (Å²) in [6.07, 6.45) is 0.908. The molecule has 0 saturated heterocycles. The van der Waals surface area contributed by atoms with Gasteiger partial charge in [-0.1, -0.05) is 31.2 Å². The lowest BCUT2D eigenvalue weighted by molar-refractivity contribution is 0.516. The Labute approximate surface area is 125 Å². The Kier molecular flexibility index (Phi) is 5.07. The normalized spacial score (nSPS) is 12.4. The van der Waals surface area contributed by atoms with Gasteiger partial charge in [0.25, 0.3) is 0 Å². The van der Waals surface area contributed by atoms with Gasteiger partial charge < -0.3 is 5.32 Å². The quantitative estimate of drug-likeness (QED) is 0.832. The molecule has 0 aliphatic carbocycles. The molecule has 1 nitrogen and oxygen atoms in total. The van der Waals surface area contributed by atoms with Crippen molar-refractivity contribution in [3.05, 3.63) is 70.3 Å². The third-order valence-electron chi connectivity index (χ3n) is 3.73. The van der Waals surface area contributed by atoms with Crippen LogP contribution in [0.2, 0.25) is 0 Å². The van der Waals surface area contributed by atoms with E-state index >= 15 is 0 Å². The maximum Gasteiger partial charge on any atom is 0.129 e. The summed E-state index contributed by atoms with van der Waals surface area (Å²) in [5.41, 5.74) is 3.46. The Hall–Kier alpha value is -1.74. The second-order valence-corrected chi connectivity index (χ2v) is 5.44. The first-order valence-electron chi connectivity index (χ1n) is 7.25. The highest BCUT2D eigenvalue weighted by molar-refractivity contribution is 5.30. The van der Waals surface area contributed by atoms with Crippen LogP contribution in [0.1, 0.15) is 41.6 Å². The highest BCUT2D eigenvalue weighted by Crippen LogP contribution is 2.19. The summed E-state index contributed by atoms with van der Waals surface area (Å²) in [5.74, 6) is -0.359. The summed E-state index contributed by atoms with van der Waals surface area (Å²) in [6, 6.07) is 10.5. The number of hydrogen-bond acceptors (Lipinski definition) is 1. The van der Waals surface area contributed by atoms with Gasteiger partial charge in [-0.05, 0) is 54.7 Å². The number of nitrogens with one attached hydrogen (secondary N) is 1. The van der Waals surface area contributed by atoms with Gasteiger partial charge in [0.2, 0.25) is 0 Å². The summed E-state index contributed by atoms with van der Waals surface area (Å²) >= 11 is 0. The molecule has 1 atom stereocenters.